The molecule has 1 atom stereocenters. The number of rotatable bonds is 4. The molecule has 0 spiro atoms. The molecule has 1 aliphatic carbocycles. The van der Waals surface area contributed by atoms with Gasteiger partial charge >= 0.3 is 5.97 Å². The van der Waals surface area contributed by atoms with Gasteiger partial charge in [-0.25, -0.2) is 13.2 Å². The molecule has 126 valence electrons. The third-order valence-corrected chi connectivity index (χ3v) is 6.33. The molecule has 1 aliphatic heterocycles. The van der Waals surface area contributed by atoms with E-state index in [1.54, 1.807) is 10.8 Å². The normalized spacial score (nSPS) is 24.1. The molecule has 1 aromatic rings. The summed E-state index contributed by atoms with van der Waals surface area (Å²) < 4.78 is 24.9. The molecule has 8 heteroatoms. The third kappa shape index (κ3) is 3.18. The number of sulfone groups is 1. The summed E-state index contributed by atoms with van der Waals surface area (Å²) in [6.07, 6.45) is 3.99. The molecule has 2 aliphatic rings. The first-order valence-corrected chi connectivity index (χ1v) is 9.60. The second-order valence-electron chi connectivity index (χ2n) is 6.13. The maximum atomic E-state index is 11.6. The maximum Gasteiger partial charge on any atom is 0.356 e. The smallest absolute Gasteiger partial charge is 0.356 e. The Labute approximate surface area is 135 Å². The second kappa shape index (κ2) is 6.09. The SMILES string of the molecule is C=CCn1nc(C(=O)O)c2c1CCC(N1CCS(=O)(=O)CC1)C2. The van der Waals surface area contributed by atoms with Gasteiger partial charge in [0, 0.05) is 30.4 Å². The molecule has 1 unspecified atom stereocenters. The third-order valence-electron chi connectivity index (χ3n) is 4.72. The highest BCUT2D eigenvalue weighted by atomic mass is 32.2. The first-order chi connectivity index (χ1) is 10.9. The number of fused-ring (bicyclic) bond motifs is 1. The van der Waals surface area contributed by atoms with Crippen LogP contribution >= 0.6 is 0 Å². The maximum absolute atomic E-state index is 11.6. The molecule has 0 amide bonds. The van der Waals surface area contributed by atoms with E-state index in [0.29, 0.717) is 26.1 Å². The number of carbonyl (C=O) groups is 1. The Morgan fingerprint density at radius 3 is 2.70 bits per heavy atom. The molecule has 1 fully saturated rings. The highest BCUT2D eigenvalue weighted by molar-refractivity contribution is 7.91. The number of hydrogen-bond donors (Lipinski definition) is 1. The van der Waals surface area contributed by atoms with Crippen LogP contribution in [0.15, 0.2) is 12.7 Å². The summed E-state index contributed by atoms with van der Waals surface area (Å²) in [5, 5.41) is 13.6. The number of allylic oxidation sites excluding steroid dienone is 1. The lowest BCUT2D eigenvalue weighted by Gasteiger charge is -2.36. The number of carboxylic acids is 1. The van der Waals surface area contributed by atoms with Crippen molar-refractivity contribution in [3.05, 3.63) is 29.6 Å². The van der Waals surface area contributed by atoms with Crippen molar-refractivity contribution in [2.45, 2.75) is 31.8 Å². The highest BCUT2D eigenvalue weighted by Gasteiger charge is 2.33. The lowest BCUT2D eigenvalue weighted by atomic mass is 9.90. The van der Waals surface area contributed by atoms with Crippen LogP contribution in [0.5, 0.6) is 0 Å². The lowest BCUT2D eigenvalue weighted by Crippen LogP contribution is -2.48. The van der Waals surface area contributed by atoms with Gasteiger partial charge in [-0.15, -0.1) is 6.58 Å². The minimum atomic E-state index is -2.90. The van der Waals surface area contributed by atoms with E-state index in [1.165, 1.54) is 0 Å². The van der Waals surface area contributed by atoms with Crippen molar-refractivity contribution in [2.75, 3.05) is 24.6 Å². The molecule has 23 heavy (non-hydrogen) atoms. The predicted octanol–water partition coefficient (Wildman–Crippen LogP) is 0.355. The van der Waals surface area contributed by atoms with Crippen molar-refractivity contribution in [3.8, 4) is 0 Å². The monoisotopic (exact) mass is 339 g/mol. The van der Waals surface area contributed by atoms with E-state index in [2.05, 4.69) is 16.6 Å². The van der Waals surface area contributed by atoms with E-state index in [0.717, 1.165) is 24.1 Å². The summed E-state index contributed by atoms with van der Waals surface area (Å²) in [5.74, 6) is -0.624. The molecule has 7 nitrogen and oxygen atoms in total. The number of aromatic nitrogens is 2. The van der Waals surface area contributed by atoms with E-state index < -0.39 is 15.8 Å². The summed E-state index contributed by atoms with van der Waals surface area (Å²) >= 11 is 0. The Morgan fingerprint density at radius 2 is 2.09 bits per heavy atom. The summed E-state index contributed by atoms with van der Waals surface area (Å²) in [7, 11) is -2.90. The predicted molar refractivity (Wildman–Crippen MR) is 85.4 cm³/mol. The van der Waals surface area contributed by atoms with Crippen LogP contribution < -0.4 is 0 Å². The number of hydrogen-bond acceptors (Lipinski definition) is 5. The lowest BCUT2D eigenvalue weighted by molar-refractivity contribution is 0.0687. The zero-order valence-electron chi connectivity index (χ0n) is 12.9. The molecule has 1 saturated heterocycles. The van der Waals surface area contributed by atoms with Gasteiger partial charge in [-0.3, -0.25) is 9.58 Å². The number of nitrogens with zero attached hydrogens (tertiary/aromatic N) is 3. The minimum Gasteiger partial charge on any atom is -0.476 e. The van der Waals surface area contributed by atoms with Crippen molar-refractivity contribution < 1.29 is 18.3 Å². The van der Waals surface area contributed by atoms with E-state index >= 15 is 0 Å². The molecule has 3 rings (SSSR count). The summed E-state index contributed by atoms with van der Waals surface area (Å²) in [6, 6.07) is 0.192. The van der Waals surface area contributed by atoms with Crippen LogP contribution in [-0.2, 0) is 29.2 Å². The molecule has 0 bridgehead atoms. The molecule has 1 N–H and O–H groups in total. The Morgan fingerprint density at radius 1 is 1.39 bits per heavy atom. The van der Waals surface area contributed by atoms with Crippen molar-refractivity contribution in [1.82, 2.24) is 14.7 Å². The Bertz CT molecular complexity index is 724. The van der Waals surface area contributed by atoms with Crippen LogP contribution in [0.3, 0.4) is 0 Å². The van der Waals surface area contributed by atoms with Crippen LogP contribution in [0.1, 0.15) is 28.2 Å². The van der Waals surface area contributed by atoms with Gasteiger partial charge in [0.15, 0.2) is 15.5 Å². The summed E-state index contributed by atoms with van der Waals surface area (Å²) in [5.41, 5.74) is 1.89. The van der Waals surface area contributed by atoms with Crippen molar-refractivity contribution in [2.24, 2.45) is 0 Å². The molecular weight excluding hydrogens is 318 g/mol. The fourth-order valence-electron chi connectivity index (χ4n) is 3.52. The fraction of sp³-hybridized carbons (Fsp3) is 0.600. The van der Waals surface area contributed by atoms with Gasteiger partial charge in [0.05, 0.1) is 18.1 Å². The van der Waals surface area contributed by atoms with Gasteiger partial charge in [-0.05, 0) is 19.3 Å². The van der Waals surface area contributed by atoms with E-state index in [4.69, 9.17) is 0 Å². The first-order valence-electron chi connectivity index (χ1n) is 7.78. The van der Waals surface area contributed by atoms with Crippen LogP contribution in [0, 0.1) is 0 Å². The van der Waals surface area contributed by atoms with E-state index in [9.17, 15) is 18.3 Å². The average Bonchev–Trinajstić information content (AvgIpc) is 2.86. The van der Waals surface area contributed by atoms with Gasteiger partial charge in [-0.1, -0.05) is 6.08 Å². The largest absolute Gasteiger partial charge is 0.476 e. The zero-order valence-corrected chi connectivity index (χ0v) is 13.8. The Hall–Kier alpha value is -1.67. The summed E-state index contributed by atoms with van der Waals surface area (Å²) in [4.78, 5) is 13.6. The van der Waals surface area contributed by atoms with Crippen molar-refractivity contribution >= 4 is 15.8 Å². The van der Waals surface area contributed by atoms with Crippen molar-refractivity contribution in [3.63, 3.8) is 0 Å². The molecule has 1 aromatic heterocycles. The van der Waals surface area contributed by atoms with E-state index in [1.807, 2.05) is 0 Å². The zero-order chi connectivity index (χ0) is 16.6. The minimum absolute atomic E-state index is 0.121. The molecule has 0 aromatic carbocycles. The van der Waals surface area contributed by atoms with Crippen LogP contribution in [0.25, 0.3) is 0 Å². The Balaban J connectivity index is 1.82. The quantitative estimate of drug-likeness (QED) is 0.796. The molecule has 0 saturated carbocycles. The van der Waals surface area contributed by atoms with Crippen LogP contribution in [0.2, 0.25) is 0 Å². The topological polar surface area (TPSA) is 92.5 Å². The first kappa shape index (κ1) is 16.2. The summed E-state index contributed by atoms with van der Waals surface area (Å²) in [6.45, 7) is 5.26. The van der Waals surface area contributed by atoms with Crippen LogP contribution in [0.4, 0.5) is 0 Å². The molecular formula is C15H21N3O4S. The van der Waals surface area contributed by atoms with Gasteiger partial charge in [0.25, 0.3) is 0 Å². The highest BCUT2D eigenvalue weighted by Crippen LogP contribution is 2.28. The fourth-order valence-corrected chi connectivity index (χ4v) is 4.75. The van der Waals surface area contributed by atoms with Gasteiger partial charge in [-0.2, -0.15) is 5.10 Å². The van der Waals surface area contributed by atoms with Gasteiger partial charge in [0.2, 0.25) is 0 Å². The van der Waals surface area contributed by atoms with Crippen molar-refractivity contribution in [1.29, 1.82) is 0 Å². The number of aromatic carboxylic acids is 1. The van der Waals surface area contributed by atoms with Crippen LogP contribution in [-0.4, -0.2) is 64.8 Å². The van der Waals surface area contributed by atoms with Gasteiger partial charge < -0.3 is 5.11 Å². The van der Waals surface area contributed by atoms with E-state index in [-0.39, 0.29) is 23.2 Å². The molecule has 2 heterocycles. The average molecular weight is 339 g/mol. The molecule has 0 radical (unpaired) electrons. The Kier molecular flexibility index (Phi) is 4.29. The van der Waals surface area contributed by atoms with Gasteiger partial charge in [0.1, 0.15) is 0 Å². The standard InChI is InChI=1S/C15H21N3O4S/c1-2-5-18-13-4-3-11(10-12(13)14(16-18)15(19)20)17-6-8-23(21,22)9-7-17/h2,11H,1,3-10H2,(H,19,20). The second-order valence-corrected chi connectivity index (χ2v) is 8.44. The number of carboxylic acid groups (broad SMARTS) is 1.